The summed E-state index contributed by atoms with van der Waals surface area (Å²) in [6, 6.07) is 0. The van der Waals surface area contributed by atoms with Gasteiger partial charge in [0.1, 0.15) is 0 Å². The van der Waals surface area contributed by atoms with Crippen LogP contribution in [0, 0.1) is 11.3 Å². The Hall–Kier alpha value is -0.120. The van der Waals surface area contributed by atoms with Crippen LogP contribution in [0.4, 0.5) is 0 Å². The molecule has 0 aliphatic heterocycles. The molecular formula is C12H26O3. The number of aliphatic hydroxyl groups is 2. The average molecular weight is 218 g/mol. The summed E-state index contributed by atoms with van der Waals surface area (Å²) in [7, 11) is 0. The molecular weight excluding hydrogens is 192 g/mol. The second-order valence-corrected chi connectivity index (χ2v) is 4.78. The Morgan fingerprint density at radius 1 is 1.13 bits per heavy atom. The maximum atomic E-state index is 9.30. The van der Waals surface area contributed by atoms with Crippen LogP contribution in [-0.4, -0.2) is 36.6 Å². The van der Waals surface area contributed by atoms with Gasteiger partial charge in [-0.15, -0.1) is 0 Å². The van der Waals surface area contributed by atoms with Crippen LogP contribution in [0.15, 0.2) is 0 Å². The van der Waals surface area contributed by atoms with E-state index in [4.69, 9.17) is 4.74 Å². The second kappa shape index (κ2) is 8.08. The minimum absolute atomic E-state index is 0.0440. The van der Waals surface area contributed by atoms with Crippen molar-refractivity contribution in [1.82, 2.24) is 0 Å². The van der Waals surface area contributed by atoms with E-state index in [1.54, 1.807) is 0 Å². The molecule has 0 heterocycles. The lowest BCUT2D eigenvalue weighted by atomic mass is 9.82. The summed E-state index contributed by atoms with van der Waals surface area (Å²) >= 11 is 0. The van der Waals surface area contributed by atoms with Crippen molar-refractivity contribution in [3.8, 4) is 0 Å². The van der Waals surface area contributed by atoms with Gasteiger partial charge in [0.25, 0.3) is 0 Å². The van der Waals surface area contributed by atoms with E-state index in [-0.39, 0.29) is 18.6 Å². The van der Waals surface area contributed by atoms with Gasteiger partial charge in [-0.1, -0.05) is 27.2 Å². The lowest BCUT2D eigenvalue weighted by Gasteiger charge is -2.29. The molecule has 0 atom stereocenters. The first-order valence-electron chi connectivity index (χ1n) is 5.89. The summed E-state index contributed by atoms with van der Waals surface area (Å²) < 4.78 is 5.48. The fourth-order valence-electron chi connectivity index (χ4n) is 1.63. The molecule has 0 fully saturated rings. The zero-order valence-electron chi connectivity index (χ0n) is 10.3. The summed E-state index contributed by atoms with van der Waals surface area (Å²) in [5.41, 5.74) is -0.342. The number of aliphatic hydroxyl groups excluding tert-OH is 2. The molecule has 0 aromatic heterocycles. The molecule has 0 radical (unpaired) electrons. The number of hydrogen-bond acceptors (Lipinski definition) is 3. The maximum Gasteiger partial charge on any atom is 0.0510 e. The molecule has 0 bridgehead atoms. The Morgan fingerprint density at radius 2 is 1.73 bits per heavy atom. The third-order valence-electron chi connectivity index (χ3n) is 2.68. The third-order valence-corrected chi connectivity index (χ3v) is 2.68. The van der Waals surface area contributed by atoms with Gasteiger partial charge in [0.2, 0.25) is 0 Å². The Bertz CT molecular complexity index is 142. The molecule has 0 spiro atoms. The third kappa shape index (κ3) is 6.13. The Balaban J connectivity index is 3.84. The van der Waals surface area contributed by atoms with E-state index in [1.807, 2.05) is 0 Å². The Kier molecular flexibility index (Phi) is 8.02. The predicted molar refractivity (Wildman–Crippen MR) is 61.8 cm³/mol. The Morgan fingerprint density at radius 3 is 2.13 bits per heavy atom. The molecule has 0 rings (SSSR count). The van der Waals surface area contributed by atoms with E-state index in [1.165, 1.54) is 0 Å². The first kappa shape index (κ1) is 14.9. The lowest BCUT2D eigenvalue weighted by Crippen LogP contribution is -2.31. The van der Waals surface area contributed by atoms with Gasteiger partial charge in [-0.2, -0.15) is 0 Å². The van der Waals surface area contributed by atoms with E-state index < -0.39 is 0 Å². The van der Waals surface area contributed by atoms with Crippen molar-refractivity contribution < 1.29 is 14.9 Å². The van der Waals surface area contributed by atoms with E-state index in [0.29, 0.717) is 12.5 Å². The van der Waals surface area contributed by atoms with Gasteiger partial charge < -0.3 is 14.9 Å². The van der Waals surface area contributed by atoms with Gasteiger partial charge in [-0.25, -0.2) is 0 Å². The zero-order chi connectivity index (χ0) is 11.7. The Labute approximate surface area is 93.5 Å². The maximum absolute atomic E-state index is 9.30. The van der Waals surface area contributed by atoms with Crippen molar-refractivity contribution in [2.75, 3.05) is 26.4 Å². The largest absolute Gasteiger partial charge is 0.396 e. The van der Waals surface area contributed by atoms with Gasteiger partial charge in [-0.3, -0.25) is 0 Å². The van der Waals surface area contributed by atoms with Gasteiger partial charge in [0, 0.05) is 18.6 Å². The van der Waals surface area contributed by atoms with Crippen LogP contribution in [0.2, 0.25) is 0 Å². The summed E-state index contributed by atoms with van der Waals surface area (Å²) in [5.74, 6) is 0.536. The number of hydrogen-bond donors (Lipinski definition) is 2. The van der Waals surface area contributed by atoms with Crippen molar-refractivity contribution in [2.24, 2.45) is 11.3 Å². The fourth-order valence-corrected chi connectivity index (χ4v) is 1.63. The number of rotatable bonds is 9. The molecule has 2 N–H and O–H groups in total. The van der Waals surface area contributed by atoms with E-state index in [2.05, 4.69) is 20.8 Å². The molecule has 3 nitrogen and oxygen atoms in total. The summed E-state index contributed by atoms with van der Waals surface area (Å²) in [6.45, 7) is 7.74. The highest BCUT2D eigenvalue weighted by molar-refractivity contribution is 4.77. The molecule has 0 saturated carbocycles. The first-order valence-corrected chi connectivity index (χ1v) is 5.89. The molecule has 3 heteroatoms. The van der Waals surface area contributed by atoms with Crippen molar-refractivity contribution >= 4 is 0 Å². The molecule has 0 aromatic carbocycles. The zero-order valence-corrected chi connectivity index (χ0v) is 10.3. The van der Waals surface area contributed by atoms with Crippen LogP contribution < -0.4 is 0 Å². The normalized spacial score (nSPS) is 12.4. The van der Waals surface area contributed by atoms with E-state index >= 15 is 0 Å². The van der Waals surface area contributed by atoms with Gasteiger partial charge in [0.15, 0.2) is 0 Å². The van der Waals surface area contributed by atoms with Crippen molar-refractivity contribution in [1.29, 1.82) is 0 Å². The summed E-state index contributed by atoms with van der Waals surface area (Å²) in [6.07, 6.45) is 2.57. The predicted octanol–water partition coefficient (Wildman–Crippen LogP) is 1.82. The van der Waals surface area contributed by atoms with Crippen LogP contribution in [0.3, 0.4) is 0 Å². The molecule has 0 aliphatic rings. The van der Waals surface area contributed by atoms with Crippen LogP contribution >= 0.6 is 0 Å². The lowest BCUT2D eigenvalue weighted by molar-refractivity contribution is 0.00552. The molecule has 0 aliphatic carbocycles. The molecule has 15 heavy (non-hydrogen) atoms. The number of ether oxygens (including phenoxy) is 1. The van der Waals surface area contributed by atoms with Gasteiger partial charge >= 0.3 is 0 Å². The van der Waals surface area contributed by atoms with Crippen molar-refractivity contribution in [3.63, 3.8) is 0 Å². The highest BCUT2D eigenvalue weighted by Crippen LogP contribution is 2.27. The highest BCUT2D eigenvalue weighted by atomic mass is 16.5. The quantitative estimate of drug-likeness (QED) is 0.580. The SMILES string of the molecule is CCCC(CO)(CO)CCOCC(C)C. The molecule has 0 aromatic rings. The highest BCUT2D eigenvalue weighted by Gasteiger charge is 2.27. The minimum Gasteiger partial charge on any atom is -0.396 e. The average Bonchev–Trinajstić information content (AvgIpc) is 2.22. The summed E-state index contributed by atoms with van der Waals surface area (Å²) in [5, 5.41) is 18.6. The minimum atomic E-state index is -0.342. The molecule has 0 amide bonds. The smallest absolute Gasteiger partial charge is 0.0510 e. The first-order chi connectivity index (χ1) is 7.10. The van der Waals surface area contributed by atoms with Crippen LogP contribution in [0.25, 0.3) is 0 Å². The van der Waals surface area contributed by atoms with Crippen molar-refractivity contribution in [2.45, 2.75) is 40.0 Å². The monoisotopic (exact) mass is 218 g/mol. The van der Waals surface area contributed by atoms with E-state index in [0.717, 1.165) is 25.9 Å². The second-order valence-electron chi connectivity index (χ2n) is 4.78. The standard InChI is InChI=1S/C12H26O3/c1-4-5-12(9-13,10-14)6-7-15-8-11(2)3/h11,13-14H,4-10H2,1-3H3. The fraction of sp³-hybridized carbons (Fsp3) is 1.00. The van der Waals surface area contributed by atoms with E-state index in [9.17, 15) is 10.2 Å². The van der Waals surface area contributed by atoms with Crippen LogP contribution in [0.5, 0.6) is 0 Å². The topological polar surface area (TPSA) is 49.7 Å². The van der Waals surface area contributed by atoms with Gasteiger partial charge in [-0.05, 0) is 18.8 Å². The van der Waals surface area contributed by atoms with Crippen LogP contribution in [0.1, 0.15) is 40.0 Å². The summed E-state index contributed by atoms with van der Waals surface area (Å²) in [4.78, 5) is 0. The van der Waals surface area contributed by atoms with Crippen molar-refractivity contribution in [3.05, 3.63) is 0 Å². The molecule has 0 unspecified atom stereocenters. The van der Waals surface area contributed by atoms with Gasteiger partial charge in [0.05, 0.1) is 13.2 Å². The van der Waals surface area contributed by atoms with Crippen LogP contribution in [-0.2, 0) is 4.74 Å². The molecule has 92 valence electrons. The molecule has 0 saturated heterocycles.